The Bertz CT molecular complexity index is 864. The number of anilines is 1. The van der Waals surface area contributed by atoms with Crippen molar-refractivity contribution >= 4 is 11.4 Å². The molecule has 0 spiro atoms. The Morgan fingerprint density at radius 3 is 2.36 bits per heavy atom. The van der Waals surface area contributed by atoms with Crippen LogP contribution in [0.1, 0.15) is 20.8 Å². The summed E-state index contributed by atoms with van der Waals surface area (Å²) in [5, 5.41) is 20.8. The van der Waals surface area contributed by atoms with Crippen molar-refractivity contribution in [3.8, 4) is 11.8 Å². The number of ether oxygens (including phenoxy) is 1. The van der Waals surface area contributed by atoms with Crippen molar-refractivity contribution in [3.63, 3.8) is 0 Å². The Hall–Kier alpha value is -3.33. The third kappa shape index (κ3) is 3.45. The van der Waals surface area contributed by atoms with Crippen molar-refractivity contribution in [2.24, 2.45) is 0 Å². The molecule has 128 valence electrons. The number of allylic oxidation sites excluding steroid dienone is 7. The molecule has 0 radical (unpaired) electrons. The highest BCUT2D eigenvalue weighted by Crippen LogP contribution is 2.38. The fraction of sp³-hybridized carbons (Fsp3) is 0.211. The molecule has 0 aromatic heterocycles. The molecular weight excluding hydrogens is 318 g/mol. The smallest absolute Gasteiger partial charge is 0.296 e. The molecule has 0 amide bonds. The summed E-state index contributed by atoms with van der Waals surface area (Å²) in [6.07, 6.45) is 3.66. The van der Waals surface area contributed by atoms with Gasteiger partial charge in [0.2, 0.25) is 0 Å². The number of hydrogen-bond acceptors (Lipinski definition) is 5. The van der Waals surface area contributed by atoms with Gasteiger partial charge < -0.3 is 9.64 Å². The number of nitriles is 1. The van der Waals surface area contributed by atoms with Crippen molar-refractivity contribution in [3.05, 3.63) is 75.2 Å². The van der Waals surface area contributed by atoms with Gasteiger partial charge in [-0.3, -0.25) is 10.1 Å². The van der Waals surface area contributed by atoms with Crippen LogP contribution < -0.4 is 9.64 Å². The molecule has 6 heteroatoms. The van der Waals surface area contributed by atoms with E-state index in [0.717, 1.165) is 17.0 Å². The van der Waals surface area contributed by atoms with E-state index in [1.165, 1.54) is 13.2 Å². The summed E-state index contributed by atoms with van der Waals surface area (Å²) in [5.74, 6) is 0.422. The van der Waals surface area contributed by atoms with Crippen LogP contribution in [0.4, 0.5) is 11.4 Å². The minimum atomic E-state index is -0.432. The standard InChI is InChI=1S/C19H19N3O3/c1-12(2)17(11-20)15-8-13(3)21(14(4)9-15)18-7-6-16(25-5)10-19(18)22(23)24/h6-10H,1H2,2-5H3. The minimum Gasteiger partial charge on any atom is -0.496 e. The largest absolute Gasteiger partial charge is 0.496 e. The summed E-state index contributed by atoms with van der Waals surface area (Å²) < 4.78 is 5.09. The Balaban J connectivity index is 2.61. The van der Waals surface area contributed by atoms with E-state index >= 15 is 0 Å². The Morgan fingerprint density at radius 2 is 1.92 bits per heavy atom. The molecule has 0 atom stereocenters. The van der Waals surface area contributed by atoms with Gasteiger partial charge in [-0.05, 0) is 56.2 Å². The molecule has 0 unspecified atom stereocenters. The van der Waals surface area contributed by atoms with Crippen LogP contribution in [0.2, 0.25) is 0 Å². The van der Waals surface area contributed by atoms with Crippen LogP contribution in [-0.2, 0) is 0 Å². The molecule has 1 aromatic rings. The van der Waals surface area contributed by atoms with Crippen LogP contribution in [0.25, 0.3) is 0 Å². The van der Waals surface area contributed by atoms with Crippen molar-refractivity contribution < 1.29 is 9.66 Å². The third-order valence-electron chi connectivity index (χ3n) is 3.88. The van der Waals surface area contributed by atoms with Crippen LogP contribution in [-0.4, -0.2) is 12.0 Å². The van der Waals surface area contributed by atoms with E-state index in [1.807, 2.05) is 26.0 Å². The number of nitrogens with zero attached hydrogens (tertiary/aromatic N) is 3. The van der Waals surface area contributed by atoms with E-state index in [2.05, 4.69) is 12.6 Å². The van der Waals surface area contributed by atoms with Gasteiger partial charge in [-0.2, -0.15) is 5.26 Å². The van der Waals surface area contributed by atoms with Gasteiger partial charge in [-0.25, -0.2) is 0 Å². The predicted molar refractivity (Wildman–Crippen MR) is 97.1 cm³/mol. The number of methoxy groups -OCH3 is 1. The summed E-state index contributed by atoms with van der Waals surface area (Å²) in [6.45, 7) is 9.30. The average Bonchev–Trinajstić information content (AvgIpc) is 2.54. The molecular formula is C19H19N3O3. The van der Waals surface area contributed by atoms with Crippen LogP contribution in [0.5, 0.6) is 5.75 Å². The Kier molecular flexibility index (Phi) is 5.08. The Labute approximate surface area is 146 Å². The quantitative estimate of drug-likeness (QED) is 0.455. The highest BCUT2D eigenvalue weighted by Gasteiger charge is 2.25. The molecule has 0 bridgehead atoms. The van der Waals surface area contributed by atoms with Gasteiger partial charge >= 0.3 is 0 Å². The van der Waals surface area contributed by atoms with Gasteiger partial charge in [0.1, 0.15) is 17.5 Å². The molecule has 0 fully saturated rings. The van der Waals surface area contributed by atoms with Crippen LogP contribution >= 0.6 is 0 Å². The first-order chi connectivity index (χ1) is 11.8. The zero-order valence-electron chi connectivity index (χ0n) is 14.7. The highest BCUT2D eigenvalue weighted by molar-refractivity contribution is 5.73. The van der Waals surface area contributed by atoms with Crippen molar-refractivity contribution in [2.45, 2.75) is 20.8 Å². The summed E-state index contributed by atoms with van der Waals surface area (Å²) in [6, 6.07) is 6.90. The number of hydrogen-bond donors (Lipinski definition) is 0. The van der Waals surface area contributed by atoms with E-state index in [4.69, 9.17) is 4.74 Å². The van der Waals surface area contributed by atoms with E-state index in [-0.39, 0.29) is 5.69 Å². The minimum absolute atomic E-state index is 0.0484. The first-order valence-electron chi connectivity index (χ1n) is 7.59. The molecule has 25 heavy (non-hydrogen) atoms. The SMILES string of the molecule is C=C(C)C(C#N)=C1C=C(C)N(c2ccc(OC)cc2[N+](=O)[O-])C(C)=C1. The van der Waals surface area contributed by atoms with E-state index in [1.54, 1.807) is 24.0 Å². The first kappa shape index (κ1) is 18.0. The van der Waals surface area contributed by atoms with Gasteiger partial charge in [-0.15, -0.1) is 0 Å². The molecule has 1 aliphatic rings. The monoisotopic (exact) mass is 337 g/mol. The zero-order chi connectivity index (χ0) is 18.7. The lowest BCUT2D eigenvalue weighted by atomic mass is 9.98. The lowest BCUT2D eigenvalue weighted by Gasteiger charge is -2.29. The normalized spacial score (nSPS) is 13.6. The summed E-state index contributed by atoms with van der Waals surface area (Å²) in [4.78, 5) is 12.8. The van der Waals surface area contributed by atoms with Crippen molar-refractivity contribution in [1.82, 2.24) is 0 Å². The van der Waals surface area contributed by atoms with Gasteiger partial charge in [0, 0.05) is 11.4 Å². The second-order valence-corrected chi connectivity index (χ2v) is 5.74. The van der Waals surface area contributed by atoms with E-state index < -0.39 is 4.92 Å². The third-order valence-corrected chi connectivity index (χ3v) is 3.88. The van der Waals surface area contributed by atoms with Crippen molar-refractivity contribution in [1.29, 1.82) is 5.26 Å². The molecule has 1 aromatic carbocycles. The molecule has 0 saturated heterocycles. The van der Waals surface area contributed by atoms with E-state index in [0.29, 0.717) is 22.6 Å². The molecule has 0 saturated carbocycles. The highest BCUT2D eigenvalue weighted by atomic mass is 16.6. The first-order valence-corrected chi connectivity index (χ1v) is 7.59. The van der Waals surface area contributed by atoms with Gasteiger partial charge in [-0.1, -0.05) is 6.58 Å². The second-order valence-electron chi connectivity index (χ2n) is 5.74. The van der Waals surface area contributed by atoms with E-state index in [9.17, 15) is 15.4 Å². The maximum Gasteiger partial charge on any atom is 0.296 e. The molecule has 1 aliphatic heterocycles. The Morgan fingerprint density at radius 1 is 1.32 bits per heavy atom. The summed E-state index contributed by atoms with van der Waals surface area (Å²) in [7, 11) is 1.47. The number of rotatable bonds is 4. The predicted octanol–water partition coefficient (Wildman–Crippen LogP) is 4.63. The average molecular weight is 337 g/mol. The van der Waals surface area contributed by atoms with Gasteiger partial charge in [0.25, 0.3) is 5.69 Å². The van der Waals surface area contributed by atoms with Gasteiger partial charge in [0.05, 0.1) is 23.7 Å². The van der Waals surface area contributed by atoms with Crippen LogP contribution in [0.15, 0.2) is 65.0 Å². The van der Waals surface area contributed by atoms with Crippen LogP contribution in [0, 0.1) is 21.4 Å². The molecule has 1 heterocycles. The number of benzene rings is 1. The molecule has 0 N–H and O–H groups in total. The summed E-state index contributed by atoms with van der Waals surface area (Å²) in [5.41, 5.74) is 3.87. The number of nitro groups is 1. The fourth-order valence-corrected chi connectivity index (χ4v) is 2.80. The topological polar surface area (TPSA) is 79.4 Å². The maximum atomic E-state index is 11.5. The molecule has 2 rings (SSSR count). The van der Waals surface area contributed by atoms with Crippen molar-refractivity contribution in [2.75, 3.05) is 12.0 Å². The molecule has 6 nitrogen and oxygen atoms in total. The van der Waals surface area contributed by atoms with Crippen LogP contribution in [0.3, 0.4) is 0 Å². The zero-order valence-corrected chi connectivity index (χ0v) is 14.7. The maximum absolute atomic E-state index is 11.5. The lowest BCUT2D eigenvalue weighted by Crippen LogP contribution is -2.22. The summed E-state index contributed by atoms with van der Waals surface area (Å²) >= 11 is 0. The second kappa shape index (κ2) is 7.05. The fourth-order valence-electron chi connectivity index (χ4n) is 2.80. The molecule has 0 aliphatic carbocycles. The lowest BCUT2D eigenvalue weighted by molar-refractivity contribution is -0.384. The van der Waals surface area contributed by atoms with Gasteiger partial charge in [0.15, 0.2) is 0 Å². The number of nitro benzene ring substituents is 1.